The summed E-state index contributed by atoms with van der Waals surface area (Å²) in [6.07, 6.45) is 1.14. The minimum atomic E-state index is 0.797. The maximum atomic E-state index is 4.43. The molecule has 2 heterocycles. The maximum absolute atomic E-state index is 4.43. The van der Waals surface area contributed by atoms with Gasteiger partial charge in [-0.25, -0.2) is 9.67 Å². The van der Waals surface area contributed by atoms with Gasteiger partial charge in [0.1, 0.15) is 0 Å². The lowest BCUT2D eigenvalue weighted by atomic mass is 10.5. The molecule has 0 radical (unpaired) electrons. The monoisotopic (exact) mass is 298 g/mol. The van der Waals surface area contributed by atoms with E-state index in [0.29, 0.717) is 0 Å². The molecule has 6 nitrogen and oxygen atoms in total. The van der Waals surface area contributed by atoms with Crippen molar-refractivity contribution in [2.24, 2.45) is 0 Å². The lowest BCUT2D eigenvalue weighted by Gasteiger charge is -2.04. The Hall–Kier alpha value is -0.990. The second-order valence-corrected chi connectivity index (χ2v) is 6.09. The minimum absolute atomic E-state index is 0.797. The molecule has 2 aromatic heterocycles. The molecule has 0 atom stereocenters. The number of hydrogen-bond donors (Lipinski definition) is 1. The summed E-state index contributed by atoms with van der Waals surface area (Å²) in [5, 5.41) is 19.2. The van der Waals surface area contributed by atoms with Gasteiger partial charge in [0.15, 0.2) is 0 Å². The van der Waals surface area contributed by atoms with Gasteiger partial charge in [-0.15, -0.1) is 16.4 Å². The molecule has 0 spiro atoms. The zero-order chi connectivity index (χ0) is 13.5. The van der Waals surface area contributed by atoms with Crippen LogP contribution in [0.2, 0.25) is 0 Å². The van der Waals surface area contributed by atoms with Crippen LogP contribution in [0.15, 0.2) is 10.5 Å². The van der Waals surface area contributed by atoms with E-state index < -0.39 is 0 Å². The van der Waals surface area contributed by atoms with Gasteiger partial charge in [-0.2, -0.15) is 0 Å². The van der Waals surface area contributed by atoms with Crippen molar-refractivity contribution in [3.63, 3.8) is 0 Å². The van der Waals surface area contributed by atoms with Crippen molar-refractivity contribution in [2.75, 3.05) is 13.1 Å². The fraction of sp³-hybridized carbons (Fsp3) is 0.636. The molecular weight excluding hydrogens is 280 g/mol. The summed E-state index contributed by atoms with van der Waals surface area (Å²) < 4.78 is 1.84. The van der Waals surface area contributed by atoms with E-state index in [-0.39, 0.29) is 0 Å². The molecule has 0 aliphatic rings. The van der Waals surface area contributed by atoms with Crippen molar-refractivity contribution in [1.82, 2.24) is 30.5 Å². The number of aryl methyl sites for hydroxylation is 1. The molecule has 0 fully saturated rings. The van der Waals surface area contributed by atoms with Crippen molar-refractivity contribution in [3.05, 3.63) is 16.1 Å². The zero-order valence-corrected chi connectivity index (χ0v) is 12.8. The second-order valence-electron chi connectivity index (χ2n) is 4.08. The third-order valence-electron chi connectivity index (χ3n) is 2.44. The SMILES string of the molecule is CCCNCCn1nnnc1SCc1csc(C)n1. The van der Waals surface area contributed by atoms with Gasteiger partial charge in [0.2, 0.25) is 5.16 Å². The smallest absolute Gasteiger partial charge is 0.209 e. The number of hydrogen-bond acceptors (Lipinski definition) is 7. The summed E-state index contributed by atoms with van der Waals surface area (Å²) >= 11 is 3.30. The molecule has 0 aliphatic carbocycles. The Bertz CT molecular complexity index is 495. The molecule has 2 rings (SSSR count). The molecule has 0 amide bonds. The Morgan fingerprint density at radius 3 is 3.05 bits per heavy atom. The molecular formula is C11H18N6S2. The van der Waals surface area contributed by atoms with Crippen molar-refractivity contribution >= 4 is 23.1 Å². The van der Waals surface area contributed by atoms with Crippen molar-refractivity contribution in [1.29, 1.82) is 0 Å². The average molecular weight is 298 g/mol. The minimum Gasteiger partial charge on any atom is -0.315 e. The van der Waals surface area contributed by atoms with Crippen LogP contribution in [-0.2, 0) is 12.3 Å². The Morgan fingerprint density at radius 1 is 1.42 bits per heavy atom. The van der Waals surface area contributed by atoms with Gasteiger partial charge in [0.05, 0.1) is 17.2 Å². The first-order valence-electron chi connectivity index (χ1n) is 6.30. The van der Waals surface area contributed by atoms with E-state index in [4.69, 9.17) is 0 Å². The normalized spacial score (nSPS) is 11.1. The van der Waals surface area contributed by atoms with Crippen LogP contribution in [0.25, 0.3) is 0 Å². The van der Waals surface area contributed by atoms with Gasteiger partial charge in [-0.1, -0.05) is 18.7 Å². The predicted molar refractivity (Wildman–Crippen MR) is 77.4 cm³/mol. The van der Waals surface area contributed by atoms with Crippen LogP contribution in [0, 0.1) is 6.92 Å². The van der Waals surface area contributed by atoms with E-state index in [9.17, 15) is 0 Å². The molecule has 19 heavy (non-hydrogen) atoms. The Morgan fingerprint density at radius 2 is 2.32 bits per heavy atom. The van der Waals surface area contributed by atoms with Crippen LogP contribution in [-0.4, -0.2) is 38.3 Å². The first kappa shape index (κ1) is 14.4. The molecule has 0 unspecified atom stereocenters. The third-order valence-corrected chi connectivity index (χ3v) is 4.25. The van der Waals surface area contributed by atoms with Crippen LogP contribution >= 0.6 is 23.1 Å². The highest BCUT2D eigenvalue weighted by Crippen LogP contribution is 2.20. The van der Waals surface area contributed by atoms with E-state index in [1.165, 1.54) is 0 Å². The molecule has 0 aromatic carbocycles. The zero-order valence-electron chi connectivity index (χ0n) is 11.2. The average Bonchev–Trinajstić information content (AvgIpc) is 3.01. The summed E-state index contributed by atoms with van der Waals surface area (Å²) in [6.45, 7) is 6.89. The van der Waals surface area contributed by atoms with Crippen molar-refractivity contribution in [2.45, 2.75) is 37.7 Å². The largest absolute Gasteiger partial charge is 0.315 e. The maximum Gasteiger partial charge on any atom is 0.209 e. The quantitative estimate of drug-likeness (QED) is 0.591. The first-order chi connectivity index (χ1) is 9.29. The van der Waals surface area contributed by atoms with Gasteiger partial charge < -0.3 is 5.32 Å². The molecule has 0 bridgehead atoms. The number of rotatable bonds is 8. The van der Waals surface area contributed by atoms with Gasteiger partial charge in [0, 0.05) is 17.7 Å². The van der Waals surface area contributed by atoms with Crippen LogP contribution in [0.4, 0.5) is 0 Å². The van der Waals surface area contributed by atoms with E-state index in [1.807, 2.05) is 11.6 Å². The number of tetrazole rings is 1. The topological polar surface area (TPSA) is 68.5 Å². The highest BCUT2D eigenvalue weighted by Gasteiger charge is 2.08. The van der Waals surface area contributed by atoms with Crippen molar-refractivity contribution < 1.29 is 0 Å². The number of thioether (sulfide) groups is 1. The van der Waals surface area contributed by atoms with Gasteiger partial charge in [-0.3, -0.25) is 0 Å². The highest BCUT2D eigenvalue weighted by atomic mass is 32.2. The Balaban J connectivity index is 1.81. The predicted octanol–water partition coefficient (Wildman–Crippen LogP) is 1.73. The molecule has 2 aromatic rings. The molecule has 8 heteroatoms. The fourth-order valence-corrected chi connectivity index (χ4v) is 3.05. The number of nitrogens with zero attached hydrogens (tertiary/aromatic N) is 5. The second kappa shape index (κ2) is 7.56. The van der Waals surface area contributed by atoms with E-state index in [2.05, 4.69) is 38.1 Å². The van der Waals surface area contributed by atoms with Crippen molar-refractivity contribution in [3.8, 4) is 0 Å². The molecule has 104 valence electrons. The molecule has 0 saturated heterocycles. The van der Waals surface area contributed by atoms with Gasteiger partial charge in [0.25, 0.3) is 0 Å². The molecule has 0 aliphatic heterocycles. The van der Waals surface area contributed by atoms with E-state index in [1.54, 1.807) is 23.1 Å². The summed E-state index contributed by atoms with van der Waals surface area (Å²) in [7, 11) is 0. The summed E-state index contributed by atoms with van der Waals surface area (Å²) in [6, 6.07) is 0. The first-order valence-corrected chi connectivity index (χ1v) is 8.16. The number of thiazole rings is 1. The van der Waals surface area contributed by atoms with Crippen LogP contribution in [0.1, 0.15) is 24.0 Å². The standard InChI is InChI=1S/C11H18N6S2/c1-3-4-12-5-6-17-11(14-15-16-17)19-8-10-7-18-9(2)13-10/h7,12H,3-6,8H2,1-2H3. The lowest BCUT2D eigenvalue weighted by Crippen LogP contribution is -2.21. The molecule has 1 N–H and O–H groups in total. The lowest BCUT2D eigenvalue weighted by molar-refractivity contribution is 0.510. The van der Waals surface area contributed by atoms with Gasteiger partial charge >= 0.3 is 0 Å². The van der Waals surface area contributed by atoms with Gasteiger partial charge in [-0.05, 0) is 30.3 Å². The summed E-state index contributed by atoms with van der Waals surface area (Å²) in [5.41, 5.74) is 1.09. The number of nitrogens with one attached hydrogen (secondary N) is 1. The fourth-order valence-electron chi connectivity index (χ4n) is 1.54. The molecule has 0 saturated carbocycles. The Labute approximate surface area is 121 Å². The third kappa shape index (κ3) is 4.55. The van der Waals surface area contributed by atoms with E-state index in [0.717, 1.165) is 47.7 Å². The number of aromatic nitrogens is 5. The van der Waals surface area contributed by atoms with Crippen LogP contribution in [0.5, 0.6) is 0 Å². The Kier molecular flexibility index (Phi) is 5.74. The highest BCUT2D eigenvalue weighted by molar-refractivity contribution is 7.98. The summed E-state index contributed by atoms with van der Waals surface area (Å²) in [5.74, 6) is 0.813. The summed E-state index contributed by atoms with van der Waals surface area (Å²) in [4.78, 5) is 4.43. The van der Waals surface area contributed by atoms with Crippen LogP contribution < -0.4 is 5.32 Å². The van der Waals surface area contributed by atoms with E-state index >= 15 is 0 Å². The van der Waals surface area contributed by atoms with Crippen LogP contribution in [0.3, 0.4) is 0 Å².